The minimum atomic E-state index is -0.212. The molecule has 0 bridgehead atoms. The van der Waals surface area contributed by atoms with E-state index in [1.165, 1.54) is 12.7 Å². The lowest BCUT2D eigenvalue weighted by Gasteiger charge is -2.12. The second-order valence-corrected chi connectivity index (χ2v) is 5.13. The number of hydrogen-bond acceptors (Lipinski definition) is 4. The highest BCUT2D eigenvalue weighted by atomic mass is 16.5. The van der Waals surface area contributed by atoms with Crippen LogP contribution in [0.2, 0.25) is 0 Å². The lowest BCUT2D eigenvalue weighted by atomic mass is 9.99. The normalized spacial score (nSPS) is 12.1. The van der Waals surface area contributed by atoms with Crippen molar-refractivity contribution in [2.45, 2.75) is 25.3 Å². The van der Waals surface area contributed by atoms with E-state index in [1.807, 2.05) is 18.2 Å². The van der Waals surface area contributed by atoms with E-state index >= 15 is 0 Å². The molecule has 0 saturated heterocycles. The standard InChI is InChI=1S/C17H21NO3/c1-20-16-7-5-13-9-12(3-4-14(13)11-16)10-15(18)6-8-17(19)21-2/h3-5,7,9,11,15H,6,8,10,18H2,1-2H3. The molecule has 0 aromatic heterocycles. The van der Waals surface area contributed by atoms with E-state index in [0.29, 0.717) is 12.8 Å². The molecule has 0 fully saturated rings. The van der Waals surface area contributed by atoms with Crippen LogP contribution in [0.1, 0.15) is 18.4 Å². The molecule has 2 aromatic carbocycles. The molecule has 112 valence electrons. The number of carbonyl (C=O) groups excluding carboxylic acids is 1. The smallest absolute Gasteiger partial charge is 0.305 e. The molecule has 0 amide bonds. The van der Waals surface area contributed by atoms with Crippen molar-refractivity contribution in [1.29, 1.82) is 0 Å². The zero-order valence-electron chi connectivity index (χ0n) is 12.5. The molecule has 1 atom stereocenters. The predicted octanol–water partition coefficient (Wildman–Crippen LogP) is 2.67. The van der Waals surface area contributed by atoms with Crippen molar-refractivity contribution in [2.24, 2.45) is 5.73 Å². The first-order valence-corrected chi connectivity index (χ1v) is 7.01. The number of fused-ring (bicyclic) bond motifs is 1. The quantitative estimate of drug-likeness (QED) is 0.830. The maximum absolute atomic E-state index is 11.1. The average Bonchev–Trinajstić information content (AvgIpc) is 2.52. The van der Waals surface area contributed by atoms with Gasteiger partial charge in [0.1, 0.15) is 5.75 Å². The van der Waals surface area contributed by atoms with Crippen LogP contribution in [0.25, 0.3) is 10.8 Å². The number of benzene rings is 2. The molecule has 0 aliphatic rings. The van der Waals surface area contributed by atoms with Gasteiger partial charge < -0.3 is 15.2 Å². The molecule has 0 radical (unpaired) electrons. The summed E-state index contributed by atoms with van der Waals surface area (Å²) in [7, 11) is 3.06. The van der Waals surface area contributed by atoms with Crippen molar-refractivity contribution >= 4 is 16.7 Å². The third-order valence-electron chi connectivity index (χ3n) is 3.56. The Morgan fingerprint density at radius 2 is 1.86 bits per heavy atom. The largest absolute Gasteiger partial charge is 0.497 e. The van der Waals surface area contributed by atoms with Crippen molar-refractivity contribution in [2.75, 3.05) is 14.2 Å². The topological polar surface area (TPSA) is 61.5 Å². The lowest BCUT2D eigenvalue weighted by Crippen LogP contribution is -2.24. The van der Waals surface area contributed by atoms with Crippen LogP contribution < -0.4 is 10.5 Å². The molecular weight excluding hydrogens is 266 g/mol. The van der Waals surface area contributed by atoms with Crippen molar-refractivity contribution in [3.8, 4) is 5.75 Å². The number of ether oxygens (including phenoxy) is 2. The molecule has 4 nitrogen and oxygen atoms in total. The fraction of sp³-hybridized carbons (Fsp3) is 0.353. The van der Waals surface area contributed by atoms with Gasteiger partial charge in [-0.1, -0.05) is 24.3 Å². The molecule has 2 rings (SSSR count). The predicted molar refractivity (Wildman–Crippen MR) is 83.4 cm³/mol. The Balaban J connectivity index is 2.03. The molecule has 2 N–H and O–H groups in total. The van der Waals surface area contributed by atoms with Crippen molar-refractivity contribution < 1.29 is 14.3 Å². The zero-order chi connectivity index (χ0) is 15.2. The summed E-state index contributed by atoms with van der Waals surface area (Å²) < 4.78 is 9.84. The van der Waals surface area contributed by atoms with E-state index in [-0.39, 0.29) is 12.0 Å². The number of nitrogens with two attached hydrogens (primary N) is 1. The Labute approximate surface area is 124 Å². The molecule has 0 aliphatic carbocycles. The second-order valence-electron chi connectivity index (χ2n) is 5.13. The number of carbonyl (C=O) groups is 1. The Bertz CT molecular complexity index is 624. The first-order valence-electron chi connectivity index (χ1n) is 7.01. The average molecular weight is 287 g/mol. The minimum Gasteiger partial charge on any atom is -0.497 e. The van der Waals surface area contributed by atoms with Crippen LogP contribution in [-0.2, 0) is 16.0 Å². The third kappa shape index (κ3) is 4.20. The molecule has 2 aromatic rings. The Morgan fingerprint density at radius 3 is 2.57 bits per heavy atom. The molecule has 21 heavy (non-hydrogen) atoms. The van der Waals surface area contributed by atoms with Gasteiger partial charge >= 0.3 is 5.97 Å². The fourth-order valence-electron chi connectivity index (χ4n) is 2.34. The summed E-state index contributed by atoms with van der Waals surface area (Å²) in [6.07, 6.45) is 1.74. The van der Waals surface area contributed by atoms with Gasteiger partial charge in [-0.25, -0.2) is 0 Å². The summed E-state index contributed by atoms with van der Waals surface area (Å²) in [6.45, 7) is 0. The summed E-state index contributed by atoms with van der Waals surface area (Å²) >= 11 is 0. The lowest BCUT2D eigenvalue weighted by molar-refractivity contribution is -0.140. The number of esters is 1. The molecule has 4 heteroatoms. The Hall–Kier alpha value is -2.07. The second kappa shape index (κ2) is 7.09. The number of methoxy groups -OCH3 is 2. The monoisotopic (exact) mass is 287 g/mol. The van der Waals surface area contributed by atoms with Gasteiger partial charge in [0, 0.05) is 12.5 Å². The SMILES string of the molecule is COC(=O)CCC(N)Cc1ccc2cc(OC)ccc2c1. The molecule has 0 saturated carbocycles. The van der Waals surface area contributed by atoms with E-state index in [2.05, 4.69) is 22.9 Å². The van der Waals surface area contributed by atoms with E-state index in [1.54, 1.807) is 7.11 Å². The maximum atomic E-state index is 11.1. The summed E-state index contributed by atoms with van der Waals surface area (Å²) in [4.78, 5) is 11.1. The highest BCUT2D eigenvalue weighted by Crippen LogP contribution is 2.22. The Morgan fingerprint density at radius 1 is 1.14 bits per heavy atom. The Kier molecular flexibility index (Phi) is 5.17. The fourth-order valence-corrected chi connectivity index (χ4v) is 2.34. The van der Waals surface area contributed by atoms with Crippen LogP contribution in [0.15, 0.2) is 36.4 Å². The van der Waals surface area contributed by atoms with Crippen LogP contribution in [0.5, 0.6) is 5.75 Å². The van der Waals surface area contributed by atoms with E-state index in [9.17, 15) is 4.79 Å². The van der Waals surface area contributed by atoms with Gasteiger partial charge in [-0.15, -0.1) is 0 Å². The maximum Gasteiger partial charge on any atom is 0.305 e. The molecule has 0 spiro atoms. The van der Waals surface area contributed by atoms with Gasteiger partial charge in [0.2, 0.25) is 0 Å². The summed E-state index contributed by atoms with van der Waals surface area (Å²) in [5.74, 6) is 0.640. The van der Waals surface area contributed by atoms with Crippen molar-refractivity contribution in [3.05, 3.63) is 42.0 Å². The van der Waals surface area contributed by atoms with E-state index in [0.717, 1.165) is 22.9 Å². The summed E-state index contributed by atoms with van der Waals surface area (Å²) in [5.41, 5.74) is 7.24. The number of hydrogen-bond donors (Lipinski definition) is 1. The molecule has 0 heterocycles. The molecule has 1 unspecified atom stereocenters. The zero-order valence-corrected chi connectivity index (χ0v) is 12.5. The van der Waals surface area contributed by atoms with Crippen LogP contribution in [0.3, 0.4) is 0 Å². The van der Waals surface area contributed by atoms with E-state index < -0.39 is 0 Å². The van der Waals surface area contributed by atoms with Gasteiger partial charge in [-0.3, -0.25) is 4.79 Å². The highest BCUT2D eigenvalue weighted by molar-refractivity contribution is 5.84. The molecular formula is C17H21NO3. The van der Waals surface area contributed by atoms with Gasteiger partial charge in [-0.2, -0.15) is 0 Å². The van der Waals surface area contributed by atoms with Gasteiger partial charge in [0.25, 0.3) is 0 Å². The minimum absolute atomic E-state index is 0.0419. The van der Waals surface area contributed by atoms with Crippen LogP contribution in [0.4, 0.5) is 0 Å². The third-order valence-corrected chi connectivity index (χ3v) is 3.56. The first kappa shape index (κ1) is 15.3. The number of rotatable bonds is 6. The first-order chi connectivity index (χ1) is 10.1. The molecule has 0 aliphatic heterocycles. The van der Waals surface area contributed by atoms with Gasteiger partial charge in [-0.05, 0) is 41.3 Å². The summed E-state index contributed by atoms with van der Waals surface area (Å²) in [6, 6.07) is 12.2. The van der Waals surface area contributed by atoms with Crippen LogP contribution in [-0.4, -0.2) is 26.2 Å². The highest BCUT2D eigenvalue weighted by Gasteiger charge is 2.08. The van der Waals surface area contributed by atoms with Gasteiger partial charge in [0.15, 0.2) is 0 Å². The van der Waals surface area contributed by atoms with Crippen molar-refractivity contribution in [1.82, 2.24) is 0 Å². The van der Waals surface area contributed by atoms with Crippen LogP contribution >= 0.6 is 0 Å². The summed E-state index contributed by atoms with van der Waals surface area (Å²) in [5, 5.41) is 2.30. The van der Waals surface area contributed by atoms with Gasteiger partial charge in [0.05, 0.1) is 14.2 Å². The van der Waals surface area contributed by atoms with Crippen molar-refractivity contribution in [3.63, 3.8) is 0 Å². The van der Waals surface area contributed by atoms with E-state index in [4.69, 9.17) is 10.5 Å². The van der Waals surface area contributed by atoms with Crippen LogP contribution in [0, 0.1) is 0 Å².